The van der Waals surface area contributed by atoms with E-state index in [0.717, 1.165) is 0 Å². The SMILES string of the molecule is O=C1OC(O)=C2C=C3C(=C1C2=O)C(=O)OC(=O)c1ccc3cc1. The number of carbonyl (C=O) groups excluding carboxylic acids is 4. The first-order valence-corrected chi connectivity index (χ1v) is 6.51. The Labute approximate surface area is 128 Å². The van der Waals surface area contributed by atoms with Gasteiger partial charge in [-0.25, -0.2) is 14.4 Å². The molecule has 1 aromatic rings. The average molecular weight is 310 g/mol. The van der Waals surface area contributed by atoms with Gasteiger partial charge in [0.1, 0.15) is 11.1 Å². The molecule has 1 aliphatic carbocycles. The standard InChI is InChI=1S/C16H6O7/c17-12-9-5-8-6-1-3-7(4-2-6)13(18)22-15(20)10(8)11(12)16(21)23-14(9)19/h1-5,19H. The number of allylic oxidation sites excluding steroid dienone is 2. The lowest BCUT2D eigenvalue weighted by Gasteiger charge is -2.23. The van der Waals surface area contributed by atoms with Crippen molar-refractivity contribution >= 4 is 29.3 Å². The van der Waals surface area contributed by atoms with Gasteiger partial charge in [0.2, 0.25) is 5.78 Å². The topological polar surface area (TPSA) is 107 Å². The maximum atomic E-state index is 12.3. The molecule has 0 fully saturated rings. The molecule has 0 aromatic heterocycles. The Hall–Kier alpha value is -3.48. The van der Waals surface area contributed by atoms with E-state index >= 15 is 0 Å². The van der Waals surface area contributed by atoms with Crippen molar-refractivity contribution in [3.05, 3.63) is 64.1 Å². The molecule has 1 aromatic carbocycles. The summed E-state index contributed by atoms with van der Waals surface area (Å²) >= 11 is 0. The number of ether oxygens (including phenoxy) is 2. The Kier molecular flexibility index (Phi) is 2.45. The van der Waals surface area contributed by atoms with Gasteiger partial charge in [-0.15, -0.1) is 0 Å². The lowest BCUT2D eigenvalue weighted by atomic mass is 9.83. The van der Waals surface area contributed by atoms with Crippen LogP contribution in [0.5, 0.6) is 0 Å². The molecule has 23 heavy (non-hydrogen) atoms. The molecule has 0 unspecified atom stereocenters. The lowest BCUT2D eigenvalue weighted by molar-refractivity contribution is -0.143. The van der Waals surface area contributed by atoms with E-state index < -0.39 is 35.2 Å². The molecule has 0 saturated carbocycles. The molecular weight excluding hydrogens is 304 g/mol. The molecular formula is C16H6O7. The number of fused-ring (bicyclic) bond motifs is 6. The van der Waals surface area contributed by atoms with Crippen LogP contribution >= 0.6 is 0 Å². The number of aliphatic hydroxyl groups excluding tert-OH is 1. The van der Waals surface area contributed by atoms with Crippen LogP contribution in [0.1, 0.15) is 15.9 Å². The van der Waals surface area contributed by atoms with Crippen molar-refractivity contribution in [1.29, 1.82) is 0 Å². The Morgan fingerprint density at radius 1 is 0.739 bits per heavy atom. The van der Waals surface area contributed by atoms with E-state index in [9.17, 15) is 24.3 Å². The minimum atomic E-state index is -1.17. The third-order valence-electron chi connectivity index (χ3n) is 3.72. The van der Waals surface area contributed by atoms with Crippen LogP contribution in [-0.4, -0.2) is 28.8 Å². The second-order valence-electron chi connectivity index (χ2n) is 5.00. The van der Waals surface area contributed by atoms with Gasteiger partial charge in [0.05, 0.1) is 11.1 Å². The highest BCUT2D eigenvalue weighted by atomic mass is 16.6. The Morgan fingerprint density at radius 2 is 1.35 bits per heavy atom. The molecule has 7 heteroatoms. The highest BCUT2D eigenvalue weighted by Gasteiger charge is 2.43. The smallest absolute Gasteiger partial charge is 0.350 e. The van der Waals surface area contributed by atoms with Crippen LogP contribution in [0.25, 0.3) is 5.57 Å². The number of hydrogen-bond donors (Lipinski definition) is 1. The fourth-order valence-electron chi connectivity index (χ4n) is 2.63. The minimum Gasteiger partial charge on any atom is -0.480 e. The first kappa shape index (κ1) is 13.2. The van der Waals surface area contributed by atoms with E-state index in [2.05, 4.69) is 4.74 Å². The summed E-state index contributed by atoms with van der Waals surface area (Å²) in [5.41, 5.74) is -0.300. The normalized spacial score (nSPS) is 19.6. The molecule has 0 radical (unpaired) electrons. The summed E-state index contributed by atoms with van der Waals surface area (Å²) < 4.78 is 9.28. The molecule has 1 N–H and O–H groups in total. The quantitative estimate of drug-likeness (QED) is 0.432. The van der Waals surface area contributed by atoms with Crippen LogP contribution in [0.15, 0.2) is 53.0 Å². The highest BCUT2D eigenvalue weighted by molar-refractivity contribution is 6.35. The van der Waals surface area contributed by atoms with Gasteiger partial charge >= 0.3 is 17.9 Å². The van der Waals surface area contributed by atoms with Crippen molar-refractivity contribution in [2.75, 3.05) is 0 Å². The first-order chi connectivity index (χ1) is 11.0. The largest absolute Gasteiger partial charge is 0.480 e. The molecule has 0 amide bonds. The van der Waals surface area contributed by atoms with Crippen LogP contribution < -0.4 is 0 Å². The van der Waals surface area contributed by atoms with Gasteiger partial charge in [-0.2, -0.15) is 0 Å². The van der Waals surface area contributed by atoms with Crippen molar-refractivity contribution in [3.63, 3.8) is 0 Å². The van der Waals surface area contributed by atoms with Crippen molar-refractivity contribution in [2.45, 2.75) is 0 Å². The second-order valence-corrected chi connectivity index (χ2v) is 5.00. The second kappa shape index (κ2) is 4.26. The molecule has 4 bridgehead atoms. The zero-order chi connectivity index (χ0) is 16.3. The first-order valence-electron chi connectivity index (χ1n) is 6.51. The summed E-state index contributed by atoms with van der Waals surface area (Å²) in [5.74, 6) is -4.86. The summed E-state index contributed by atoms with van der Waals surface area (Å²) in [6.45, 7) is 0. The summed E-state index contributed by atoms with van der Waals surface area (Å²) in [5, 5.41) is 9.64. The number of aliphatic hydroxyl groups is 1. The zero-order valence-corrected chi connectivity index (χ0v) is 11.3. The summed E-state index contributed by atoms with van der Waals surface area (Å²) in [4.78, 5) is 48.3. The molecule has 5 rings (SSSR count). The third-order valence-corrected chi connectivity index (χ3v) is 3.72. The maximum absolute atomic E-state index is 12.3. The van der Waals surface area contributed by atoms with Crippen LogP contribution in [-0.2, 0) is 23.9 Å². The van der Waals surface area contributed by atoms with E-state index in [1.807, 2.05) is 0 Å². The molecule has 4 aliphatic rings. The fraction of sp³-hybridized carbons (Fsp3) is 0. The fourth-order valence-corrected chi connectivity index (χ4v) is 2.63. The van der Waals surface area contributed by atoms with E-state index in [0.29, 0.717) is 5.56 Å². The monoisotopic (exact) mass is 310 g/mol. The van der Waals surface area contributed by atoms with Gasteiger partial charge in [-0.05, 0) is 29.3 Å². The zero-order valence-electron chi connectivity index (χ0n) is 11.3. The number of carbonyl (C=O) groups is 4. The van der Waals surface area contributed by atoms with Crippen LogP contribution in [0.4, 0.5) is 0 Å². The summed E-state index contributed by atoms with van der Waals surface area (Å²) in [6, 6.07) is 6.02. The summed E-state index contributed by atoms with van der Waals surface area (Å²) in [6.07, 6.45) is 1.23. The predicted molar refractivity (Wildman–Crippen MR) is 72.6 cm³/mol. The van der Waals surface area contributed by atoms with Crippen LogP contribution in [0.2, 0.25) is 0 Å². The van der Waals surface area contributed by atoms with Gasteiger partial charge in [0.15, 0.2) is 0 Å². The van der Waals surface area contributed by atoms with Gasteiger partial charge < -0.3 is 14.6 Å². The van der Waals surface area contributed by atoms with Crippen molar-refractivity contribution in [1.82, 2.24) is 0 Å². The Bertz CT molecular complexity index is 926. The van der Waals surface area contributed by atoms with Gasteiger partial charge in [-0.3, -0.25) is 4.79 Å². The van der Waals surface area contributed by atoms with Gasteiger partial charge in [0, 0.05) is 0 Å². The van der Waals surface area contributed by atoms with Gasteiger partial charge in [0.25, 0.3) is 5.95 Å². The number of ketones is 1. The van der Waals surface area contributed by atoms with E-state index in [1.165, 1.54) is 18.2 Å². The number of hydrogen-bond acceptors (Lipinski definition) is 7. The van der Waals surface area contributed by atoms with E-state index in [-0.39, 0.29) is 22.3 Å². The number of benzene rings is 1. The molecule has 0 atom stereocenters. The third kappa shape index (κ3) is 1.70. The highest BCUT2D eigenvalue weighted by Crippen LogP contribution is 2.38. The number of cyclic esters (lactones) is 1. The van der Waals surface area contributed by atoms with Crippen LogP contribution in [0, 0.1) is 0 Å². The molecule has 3 aliphatic heterocycles. The van der Waals surface area contributed by atoms with Crippen molar-refractivity contribution in [2.24, 2.45) is 0 Å². The Balaban J connectivity index is 2.09. The van der Waals surface area contributed by atoms with Crippen LogP contribution in [0.3, 0.4) is 0 Å². The molecule has 7 nitrogen and oxygen atoms in total. The average Bonchev–Trinajstić information content (AvgIpc) is 2.58. The Morgan fingerprint density at radius 3 is 2.04 bits per heavy atom. The lowest BCUT2D eigenvalue weighted by Crippen LogP contribution is -2.31. The summed E-state index contributed by atoms with van der Waals surface area (Å²) in [7, 11) is 0. The molecule has 0 saturated heterocycles. The number of Topliss-reactive ketones (excluding diaryl/α,β-unsaturated/α-hetero) is 1. The molecule has 112 valence electrons. The number of rotatable bonds is 0. The van der Waals surface area contributed by atoms with E-state index in [4.69, 9.17) is 4.74 Å². The van der Waals surface area contributed by atoms with Crippen molar-refractivity contribution in [3.8, 4) is 0 Å². The van der Waals surface area contributed by atoms with E-state index in [1.54, 1.807) is 12.1 Å². The maximum Gasteiger partial charge on any atom is 0.350 e. The predicted octanol–water partition coefficient (Wildman–Crippen LogP) is 0.973. The van der Waals surface area contributed by atoms with Gasteiger partial charge in [-0.1, -0.05) is 12.1 Å². The number of esters is 3. The molecule has 3 heterocycles. The molecule has 0 spiro atoms. The minimum absolute atomic E-state index is 0.158. The van der Waals surface area contributed by atoms with Crippen molar-refractivity contribution < 1.29 is 33.8 Å².